The van der Waals surface area contributed by atoms with Crippen LogP contribution in [0.4, 0.5) is 5.69 Å². The Labute approximate surface area is 181 Å². The molecule has 4 N–H and O–H groups in total. The number of benzene rings is 2. The Bertz CT molecular complexity index is 1040. The van der Waals surface area contributed by atoms with E-state index in [1.807, 2.05) is 35.7 Å². The van der Waals surface area contributed by atoms with E-state index < -0.39 is 0 Å². The second-order valence-corrected chi connectivity index (χ2v) is 6.25. The third-order valence-corrected chi connectivity index (χ3v) is 4.29. The molecule has 29 heavy (non-hydrogen) atoms. The summed E-state index contributed by atoms with van der Waals surface area (Å²) in [6, 6.07) is 18.7. The van der Waals surface area contributed by atoms with Crippen LogP contribution in [0.15, 0.2) is 78.3 Å². The molecule has 0 atom stereocenters. The third-order valence-electron chi connectivity index (χ3n) is 3.49. The van der Waals surface area contributed by atoms with Gasteiger partial charge in [0.25, 0.3) is 0 Å². The van der Waals surface area contributed by atoms with Gasteiger partial charge in [-0.25, -0.2) is 0 Å². The molecule has 155 valence electrons. The number of nitrogens with zero attached hydrogens (tertiary/aromatic N) is 2. The predicted octanol–water partition coefficient (Wildman–Crippen LogP) is 1.74. The van der Waals surface area contributed by atoms with Gasteiger partial charge >= 0.3 is 17.1 Å². The summed E-state index contributed by atoms with van der Waals surface area (Å²) in [5.41, 5.74) is 0.695. The van der Waals surface area contributed by atoms with Gasteiger partial charge in [0.2, 0.25) is 5.69 Å². The minimum Gasteiger partial charge on any atom is -0.871 e. The summed E-state index contributed by atoms with van der Waals surface area (Å²) in [6.07, 6.45) is 3.03. The minimum absolute atomic E-state index is 0. The summed E-state index contributed by atoms with van der Waals surface area (Å²) in [7, 11) is 0. The van der Waals surface area contributed by atoms with Gasteiger partial charge in [0, 0.05) is 12.3 Å². The summed E-state index contributed by atoms with van der Waals surface area (Å²) >= 11 is 1.45. The molecule has 0 fully saturated rings. The largest absolute Gasteiger partial charge is 2.00 e. The third kappa shape index (κ3) is 6.86. The zero-order chi connectivity index (χ0) is 18.4. The molecular weight excluding hydrogens is 444 g/mol. The first-order chi connectivity index (χ1) is 12.6. The normalized spacial score (nSPS) is 9.86. The van der Waals surface area contributed by atoms with Crippen molar-refractivity contribution in [3.05, 3.63) is 88.4 Å². The molecule has 0 saturated carbocycles. The average Bonchev–Trinajstić information content (AvgIpc) is 3.16. The molecule has 0 unspecified atom stereocenters. The summed E-state index contributed by atoms with van der Waals surface area (Å²) in [6.45, 7) is 0. The van der Waals surface area contributed by atoms with E-state index in [4.69, 9.17) is 0 Å². The van der Waals surface area contributed by atoms with E-state index >= 15 is 0 Å². The van der Waals surface area contributed by atoms with Crippen LogP contribution in [0.1, 0.15) is 4.88 Å². The zero-order valence-corrected chi connectivity index (χ0v) is 16.7. The quantitative estimate of drug-likeness (QED) is 0.147. The smallest absolute Gasteiger partial charge is 0.871 e. The van der Waals surface area contributed by atoms with Crippen LogP contribution < -0.4 is 10.2 Å². The number of aromatic nitrogens is 1. The van der Waals surface area contributed by atoms with Gasteiger partial charge in [0.1, 0.15) is 0 Å². The van der Waals surface area contributed by atoms with Gasteiger partial charge in [-0.2, -0.15) is 4.74 Å². The molecule has 4 aromatic rings. The molecule has 0 spiro atoms. The molecule has 0 bridgehead atoms. The van der Waals surface area contributed by atoms with E-state index in [0.29, 0.717) is 10.3 Å². The first-order valence-electron chi connectivity index (χ1n) is 7.76. The molecule has 0 amide bonds. The van der Waals surface area contributed by atoms with Crippen molar-refractivity contribution in [3.8, 4) is 11.5 Å². The maximum atomic E-state index is 11.6. The van der Waals surface area contributed by atoms with Gasteiger partial charge in [-0.15, -0.1) is 11.3 Å². The second kappa shape index (κ2) is 12.5. The van der Waals surface area contributed by atoms with Gasteiger partial charge in [-0.1, -0.05) is 54.3 Å². The van der Waals surface area contributed by atoms with Crippen molar-refractivity contribution >= 4 is 34.1 Å². The van der Waals surface area contributed by atoms with Crippen molar-refractivity contribution in [1.82, 2.24) is 4.98 Å². The summed E-state index contributed by atoms with van der Waals surface area (Å²) < 4.78 is 0.605. The van der Waals surface area contributed by atoms with Crippen LogP contribution in [0.5, 0.6) is 11.5 Å². The fourth-order valence-electron chi connectivity index (χ4n) is 2.27. The van der Waals surface area contributed by atoms with Crippen LogP contribution in [0.25, 0.3) is 10.9 Å². The van der Waals surface area contributed by atoms with Gasteiger partial charge in [-0.05, 0) is 28.6 Å². The summed E-state index contributed by atoms with van der Waals surface area (Å²) in [4.78, 5) is 4.80. The Balaban J connectivity index is 0.000000507. The van der Waals surface area contributed by atoms with Crippen LogP contribution in [-0.4, -0.2) is 26.9 Å². The molecule has 2 aromatic heterocycles. The molecule has 0 aliphatic rings. The maximum Gasteiger partial charge on any atom is 2.00 e. The van der Waals surface area contributed by atoms with Crippen molar-refractivity contribution in [3.63, 3.8) is 0 Å². The molecule has 4 rings (SSSR count). The van der Waals surface area contributed by atoms with Crippen molar-refractivity contribution in [2.45, 2.75) is 0 Å². The van der Waals surface area contributed by atoms with Crippen molar-refractivity contribution in [1.29, 1.82) is 0 Å². The van der Waals surface area contributed by atoms with Gasteiger partial charge in [0.15, 0.2) is 6.21 Å². The molecular formula is C20H18CuN2O5S. The van der Waals surface area contributed by atoms with Crippen LogP contribution >= 0.6 is 11.3 Å². The van der Waals surface area contributed by atoms with E-state index in [1.54, 1.807) is 24.4 Å². The molecule has 9 heteroatoms. The SMILES string of the molecule is O.O.[Cu+2].[O-]c1cccc2cccnc12.[O-]c1ccccc1/[N+]([O-])=C/c1cccs1. The Morgan fingerprint density at radius 3 is 2.17 bits per heavy atom. The predicted molar refractivity (Wildman–Crippen MR) is 107 cm³/mol. The van der Waals surface area contributed by atoms with Crippen molar-refractivity contribution in [2.75, 3.05) is 0 Å². The van der Waals surface area contributed by atoms with Crippen LogP contribution in [0.2, 0.25) is 0 Å². The van der Waals surface area contributed by atoms with E-state index in [1.165, 1.54) is 35.8 Å². The fraction of sp³-hybridized carbons (Fsp3) is 0. The van der Waals surface area contributed by atoms with E-state index in [0.717, 1.165) is 10.3 Å². The fourth-order valence-corrected chi connectivity index (χ4v) is 2.89. The molecule has 0 aliphatic carbocycles. The van der Waals surface area contributed by atoms with E-state index in [-0.39, 0.29) is 45.2 Å². The second-order valence-electron chi connectivity index (χ2n) is 5.27. The standard InChI is InChI=1S/C11H9NO2S.C9H7NO.Cu.2H2O/c13-11-6-2-1-5-10(11)12(14)8-9-4-3-7-15-9;11-8-5-1-3-7-4-2-6-10-9(7)8;;;/h1-8,13H;1-6,11H;;2*1H2/q;;+2;;/p-2/b12-8-;;;;. The van der Waals surface area contributed by atoms with E-state index in [9.17, 15) is 15.4 Å². The summed E-state index contributed by atoms with van der Waals surface area (Å²) in [5, 5.41) is 36.8. The van der Waals surface area contributed by atoms with Gasteiger partial charge < -0.3 is 26.4 Å². The van der Waals surface area contributed by atoms with E-state index in [2.05, 4.69) is 4.98 Å². The Morgan fingerprint density at radius 2 is 1.52 bits per heavy atom. The zero-order valence-electron chi connectivity index (χ0n) is 14.9. The minimum atomic E-state index is -0.264. The average molecular weight is 462 g/mol. The van der Waals surface area contributed by atoms with Crippen LogP contribution in [0.3, 0.4) is 0 Å². The van der Waals surface area contributed by atoms with Gasteiger partial charge in [-0.3, -0.25) is 4.98 Å². The topological polar surface area (TPSA) is 148 Å². The summed E-state index contributed by atoms with van der Waals surface area (Å²) in [5.74, 6) is -0.275. The first-order valence-corrected chi connectivity index (χ1v) is 8.64. The molecule has 1 radical (unpaired) electrons. The van der Waals surface area contributed by atoms with Crippen molar-refractivity contribution in [2.24, 2.45) is 0 Å². The molecule has 0 saturated heterocycles. The number of hydrogen-bond donors (Lipinski definition) is 0. The molecule has 2 aromatic carbocycles. The molecule has 0 aliphatic heterocycles. The number of hydrogen-bond acceptors (Lipinski definition) is 5. The van der Waals surface area contributed by atoms with Crippen LogP contribution in [0, 0.1) is 5.21 Å². The number of fused-ring (bicyclic) bond motifs is 1. The number of pyridine rings is 1. The monoisotopic (exact) mass is 461 g/mol. The number of thiophene rings is 1. The Kier molecular flexibility index (Phi) is 11.2. The molecule has 2 heterocycles. The van der Waals surface area contributed by atoms with Crippen molar-refractivity contribution < 1.29 is 43.0 Å². The number of rotatable bonds is 2. The first kappa shape index (κ1) is 26.1. The Morgan fingerprint density at radius 1 is 0.828 bits per heavy atom. The Hall–Kier alpha value is -2.94. The van der Waals surface area contributed by atoms with Crippen LogP contribution in [-0.2, 0) is 17.1 Å². The molecule has 7 nitrogen and oxygen atoms in total. The number of para-hydroxylation sites is 3. The van der Waals surface area contributed by atoms with Gasteiger partial charge in [0.05, 0.1) is 10.4 Å². The maximum absolute atomic E-state index is 11.6.